The predicted octanol–water partition coefficient (Wildman–Crippen LogP) is -0.471. The van der Waals surface area contributed by atoms with Crippen LogP contribution in [0.5, 0.6) is 6.01 Å². The van der Waals surface area contributed by atoms with Gasteiger partial charge in [0.1, 0.15) is 11.2 Å². The Morgan fingerprint density at radius 3 is 2.50 bits per heavy atom. The zero-order valence-electron chi connectivity index (χ0n) is 19.4. The molecule has 0 saturated heterocycles. The third kappa shape index (κ3) is 7.48. The first-order valence-corrected chi connectivity index (χ1v) is 11.3. The molecular formula is C20H33N9O5. The largest absolute Gasteiger partial charge is 0.463 e. The van der Waals surface area contributed by atoms with E-state index < -0.39 is 0 Å². The van der Waals surface area contributed by atoms with Crippen LogP contribution in [-0.2, 0) is 27.3 Å². The highest BCUT2D eigenvalue weighted by molar-refractivity contribution is 5.81. The summed E-state index contributed by atoms with van der Waals surface area (Å²) < 4.78 is 24.8. The Bertz CT molecular complexity index is 1060. The Labute approximate surface area is 196 Å². The van der Waals surface area contributed by atoms with Crippen LogP contribution >= 0.6 is 0 Å². The molecule has 0 aliphatic heterocycles. The van der Waals surface area contributed by atoms with Crippen molar-refractivity contribution >= 4 is 17.0 Å². The third-order valence-electron chi connectivity index (χ3n) is 4.74. The summed E-state index contributed by atoms with van der Waals surface area (Å²) >= 11 is 0. The van der Waals surface area contributed by atoms with Crippen LogP contribution < -0.4 is 21.9 Å². The molecule has 188 valence electrons. The van der Waals surface area contributed by atoms with E-state index in [0.29, 0.717) is 76.2 Å². The smallest absolute Gasteiger partial charge is 0.328 e. The lowest BCUT2D eigenvalue weighted by Crippen LogP contribution is -2.18. The number of hydrogen-bond acceptors (Lipinski definition) is 11. The van der Waals surface area contributed by atoms with Crippen molar-refractivity contribution in [3.63, 3.8) is 0 Å². The SMILES string of the molecule is CCCCOc1nc(N)c2[nH]c(=O)n(Cc3cn(CCOCCOCCOCCN)nn3)c2n1. The molecule has 0 saturated carbocycles. The van der Waals surface area contributed by atoms with E-state index in [4.69, 9.17) is 30.4 Å². The van der Waals surface area contributed by atoms with Gasteiger partial charge in [0.25, 0.3) is 0 Å². The van der Waals surface area contributed by atoms with E-state index in [9.17, 15) is 4.79 Å². The van der Waals surface area contributed by atoms with Crippen LogP contribution in [0.1, 0.15) is 25.5 Å². The molecule has 0 radical (unpaired) electrons. The number of aromatic nitrogens is 7. The number of ether oxygens (including phenoxy) is 4. The van der Waals surface area contributed by atoms with Crippen molar-refractivity contribution < 1.29 is 18.9 Å². The fourth-order valence-corrected chi connectivity index (χ4v) is 3.02. The normalized spacial score (nSPS) is 11.5. The average molecular weight is 480 g/mol. The van der Waals surface area contributed by atoms with Crippen molar-refractivity contribution in [1.82, 2.24) is 34.5 Å². The van der Waals surface area contributed by atoms with E-state index >= 15 is 0 Å². The molecule has 0 amide bonds. The van der Waals surface area contributed by atoms with Crippen molar-refractivity contribution in [3.05, 3.63) is 22.4 Å². The van der Waals surface area contributed by atoms with Crippen LogP contribution in [0.15, 0.2) is 11.0 Å². The van der Waals surface area contributed by atoms with Crippen LogP contribution in [0, 0.1) is 0 Å². The van der Waals surface area contributed by atoms with Gasteiger partial charge in [-0.25, -0.2) is 9.48 Å². The highest BCUT2D eigenvalue weighted by Crippen LogP contribution is 2.18. The van der Waals surface area contributed by atoms with Gasteiger partial charge < -0.3 is 35.4 Å². The first-order valence-electron chi connectivity index (χ1n) is 11.3. The van der Waals surface area contributed by atoms with E-state index in [1.807, 2.05) is 0 Å². The topological polar surface area (TPSA) is 183 Å². The zero-order valence-corrected chi connectivity index (χ0v) is 19.4. The molecule has 0 fully saturated rings. The molecular weight excluding hydrogens is 446 g/mol. The summed E-state index contributed by atoms with van der Waals surface area (Å²) in [6.45, 7) is 6.67. The summed E-state index contributed by atoms with van der Waals surface area (Å²) in [5.74, 6) is 0.153. The number of rotatable bonds is 17. The molecule has 3 rings (SSSR count). The monoisotopic (exact) mass is 479 g/mol. The third-order valence-corrected chi connectivity index (χ3v) is 4.74. The number of nitrogens with two attached hydrogens (primary N) is 2. The first kappa shape index (κ1) is 25.6. The standard InChI is InChI=1S/C20H33N9O5/c1-2-3-6-34-19-24-17(22)16-18(25-19)29(20(30)23-16)14-15-13-28(27-26-15)5-8-32-10-12-33-11-9-31-7-4-21/h13H,2-12,14,21H2,1H3,(H,23,30)(H2,22,24,25). The number of unbranched alkanes of at least 4 members (excludes halogenated alkanes) is 1. The van der Waals surface area contributed by atoms with Gasteiger partial charge in [-0.3, -0.25) is 4.57 Å². The number of fused-ring (bicyclic) bond motifs is 1. The molecule has 3 heterocycles. The molecule has 0 spiro atoms. The second-order valence-corrected chi connectivity index (χ2v) is 7.41. The predicted molar refractivity (Wildman–Crippen MR) is 124 cm³/mol. The molecule has 14 heteroatoms. The Morgan fingerprint density at radius 2 is 1.76 bits per heavy atom. The van der Waals surface area contributed by atoms with Gasteiger partial charge in [-0.05, 0) is 6.42 Å². The van der Waals surface area contributed by atoms with Gasteiger partial charge in [-0.1, -0.05) is 18.6 Å². The molecule has 0 aliphatic rings. The second-order valence-electron chi connectivity index (χ2n) is 7.41. The van der Waals surface area contributed by atoms with Gasteiger partial charge in [0.05, 0.1) is 65.5 Å². The van der Waals surface area contributed by atoms with Crippen LogP contribution in [0.25, 0.3) is 11.2 Å². The Balaban J connectivity index is 1.49. The van der Waals surface area contributed by atoms with E-state index in [2.05, 4.69) is 32.2 Å². The van der Waals surface area contributed by atoms with Crippen molar-refractivity contribution in [2.24, 2.45) is 5.73 Å². The minimum absolute atomic E-state index is 0.138. The number of H-pyrrole nitrogens is 1. The number of anilines is 1. The van der Waals surface area contributed by atoms with Crippen LogP contribution in [0.2, 0.25) is 0 Å². The minimum atomic E-state index is -0.368. The Hall–Kier alpha value is -3.07. The van der Waals surface area contributed by atoms with Crippen molar-refractivity contribution in [3.8, 4) is 6.01 Å². The molecule has 0 aliphatic carbocycles. The summed E-state index contributed by atoms with van der Waals surface area (Å²) in [5.41, 5.74) is 12.3. The quantitative estimate of drug-likeness (QED) is 0.213. The fourth-order valence-electron chi connectivity index (χ4n) is 3.02. The minimum Gasteiger partial charge on any atom is -0.463 e. The van der Waals surface area contributed by atoms with E-state index in [-0.39, 0.29) is 24.1 Å². The summed E-state index contributed by atoms with van der Waals surface area (Å²) in [6.07, 6.45) is 3.60. The number of nitrogens with zero attached hydrogens (tertiary/aromatic N) is 6. The number of imidazole rings is 1. The maximum absolute atomic E-state index is 12.5. The Morgan fingerprint density at radius 1 is 1.03 bits per heavy atom. The highest BCUT2D eigenvalue weighted by Gasteiger charge is 2.16. The van der Waals surface area contributed by atoms with Crippen molar-refractivity contribution in [2.75, 3.05) is 58.5 Å². The summed E-state index contributed by atoms with van der Waals surface area (Å²) in [4.78, 5) is 23.6. The lowest BCUT2D eigenvalue weighted by molar-refractivity contribution is 0.0141. The van der Waals surface area contributed by atoms with Crippen molar-refractivity contribution in [2.45, 2.75) is 32.9 Å². The number of nitrogens with one attached hydrogen (secondary N) is 1. The van der Waals surface area contributed by atoms with Crippen molar-refractivity contribution in [1.29, 1.82) is 0 Å². The number of aromatic amines is 1. The molecule has 34 heavy (non-hydrogen) atoms. The molecule has 3 aromatic rings. The fraction of sp³-hybridized carbons (Fsp3) is 0.650. The number of nitrogen functional groups attached to an aromatic ring is 1. The molecule has 0 unspecified atom stereocenters. The van der Waals surface area contributed by atoms with E-state index in [1.54, 1.807) is 10.9 Å². The lowest BCUT2D eigenvalue weighted by Gasteiger charge is -2.06. The molecule has 0 atom stereocenters. The van der Waals surface area contributed by atoms with Gasteiger partial charge in [0.15, 0.2) is 11.5 Å². The van der Waals surface area contributed by atoms with E-state index in [1.165, 1.54) is 4.57 Å². The van der Waals surface area contributed by atoms with Crippen LogP contribution in [0.4, 0.5) is 5.82 Å². The summed E-state index contributed by atoms with van der Waals surface area (Å²) in [7, 11) is 0. The summed E-state index contributed by atoms with van der Waals surface area (Å²) in [6, 6.07) is 0.138. The van der Waals surface area contributed by atoms with Gasteiger partial charge >= 0.3 is 11.7 Å². The molecule has 3 aromatic heterocycles. The average Bonchev–Trinajstić information content (AvgIpc) is 3.40. The van der Waals surface area contributed by atoms with Gasteiger partial charge in [0, 0.05) is 6.54 Å². The highest BCUT2D eigenvalue weighted by atomic mass is 16.5. The van der Waals surface area contributed by atoms with Crippen LogP contribution in [-0.4, -0.2) is 87.3 Å². The molecule has 0 aromatic carbocycles. The van der Waals surface area contributed by atoms with Gasteiger partial charge in [-0.2, -0.15) is 9.97 Å². The molecule has 0 bridgehead atoms. The number of hydrogen-bond donors (Lipinski definition) is 3. The van der Waals surface area contributed by atoms with Gasteiger partial charge in [-0.15, -0.1) is 5.10 Å². The maximum Gasteiger partial charge on any atom is 0.328 e. The maximum atomic E-state index is 12.5. The Kier molecular flexibility index (Phi) is 10.2. The molecule has 5 N–H and O–H groups in total. The second kappa shape index (κ2) is 13.6. The zero-order chi connectivity index (χ0) is 24.2. The van der Waals surface area contributed by atoms with Gasteiger partial charge in [0.2, 0.25) is 0 Å². The molecule has 14 nitrogen and oxygen atoms in total. The summed E-state index contributed by atoms with van der Waals surface area (Å²) in [5, 5.41) is 8.23. The van der Waals surface area contributed by atoms with E-state index in [0.717, 1.165) is 12.8 Å². The first-order chi connectivity index (χ1) is 16.6. The lowest BCUT2D eigenvalue weighted by atomic mass is 10.4. The van der Waals surface area contributed by atoms with Crippen LogP contribution in [0.3, 0.4) is 0 Å².